The first-order valence-electron chi connectivity index (χ1n) is 9.57. The predicted molar refractivity (Wildman–Crippen MR) is 97.7 cm³/mol. The fourth-order valence-electron chi connectivity index (χ4n) is 3.81. The fraction of sp³-hybridized carbons (Fsp3) is 0.824. The highest BCUT2D eigenvalue weighted by Gasteiger charge is 2.34. The summed E-state index contributed by atoms with van der Waals surface area (Å²) in [5.74, 6) is 0.698. The lowest BCUT2D eigenvalue weighted by Crippen LogP contribution is -2.44. The summed E-state index contributed by atoms with van der Waals surface area (Å²) in [5.41, 5.74) is -0.232. The highest BCUT2D eigenvalue weighted by atomic mass is 32.2. The molecule has 3 rings (SSSR count). The summed E-state index contributed by atoms with van der Waals surface area (Å²) in [6.07, 6.45) is 6.02. The van der Waals surface area contributed by atoms with E-state index in [0.717, 1.165) is 44.3 Å². The summed E-state index contributed by atoms with van der Waals surface area (Å²) in [6.45, 7) is 3.10. The Labute approximate surface area is 154 Å². The standard InChI is InChI=1S/C17H28N4O4S/c1-2-3-9-19(14-8-11-26(24,25)13-14)16(22)12-21-17(23)20-10-6-4-5-7-15(20)18-21/h14H,2-13H2,1H3. The van der Waals surface area contributed by atoms with Crippen molar-refractivity contribution in [2.24, 2.45) is 0 Å². The van der Waals surface area contributed by atoms with E-state index in [2.05, 4.69) is 5.10 Å². The highest BCUT2D eigenvalue weighted by Crippen LogP contribution is 2.19. The Balaban J connectivity index is 1.76. The molecule has 1 atom stereocenters. The molecule has 26 heavy (non-hydrogen) atoms. The lowest BCUT2D eigenvalue weighted by atomic mass is 10.2. The predicted octanol–water partition coefficient (Wildman–Crippen LogP) is 0.587. The monoisotopic (exact) mass is 384 g/mol. The molecule has 8 nitrogen and oxygen atoms in total. The van der Waals surface area contributed by atoms with Crippen LogP contribution in [0.2, 0.25) is 0 Å². The van der Waals surface area contributed by atoms with Crippen LogP contribution in [0.1, 0.15) is 51.3 Å². The highest BCUT2D eigenvalue weighted by molar-refractivity contribution is 7.91. The van der Waals surface area contributed by atoms with Gasteiger partial charge in [-0.15, -0.1) is 0 Å². The van der Waals surface area contributed by atoms with Crippen LogP contribution in [-0.2, 0) is 34.1 Å². The van der Waals surface area contributed by atoms with E-state index in [0.29, 0.717) is 19.5 Å². The Morgan fingerprint density at radius 1 is 1.31 bits per heavy atom. The summed E-state index contributed by atoms with van der Waals surface area (Å²) in [5, 5.41) is 4.37. The van der Waals surface area contributed by atoms with E-state index in [1.807, 2.05) is 6.92 Å². The molecule has 3 heterocycles. The quantitative estimate of drug-likeness (QED) is 0.715. The van der Waals surface area contributed by atoms with Gasteiger partial charge in [0, 0.05) is 25.6 Å². The summed E-state index contributed by atoms with van der Waals surface area (Å²) < 4.78 is 26.6. The van der Waals surface area contributed by atoms with Crippen molar-refractivity contribution in [1.82, 2.24) is 19.2 Å². The molecular formula is C17H28N4O4S. The molecule has 0 bridgehead atoms. The summed E-state index contributed by atoms with van der Waals surface area (Å²) in [4.78, 5) is 27.1. The number of nitrogens with zero attached hydrogens (tertiary/aromatic N) is 4. The van der Waals surface area contributed by atoms with E-state index in [-0.39, 0.29) is 35.7 Å². The molecule has 0 radical (unpaired) electrons. The molecule has 0 N–H and O–H groups in total. The molecule has 0 aliphatic carbocycles. The molecule has 1 unspecified atom stereocenters. The molecule has 9 heteroatoms. The third kappa shape index (κ3) is 4.19. The summed E-state index contributed by atoms with van der Waals surface area (Å²) >= 11 is 0. The van der Waals surface area contributed by atoms with Crippen LogP contribution in [0.15, 0.2) is 4.79 Å². The normalized spacial score (nSPS) is 22.0. The number of amides is 1. The van der Waals surface area contributed by atoms with Crippen LogP contribution in [0, 0.1) is 0 Å². The molecule has 0 saturated carbocycles. The second-order valence-corrected chi connectivity index (χ2v) is 9.55. The van der Waals surface area contributed by atoms with Crippen molar-refractivity contribution >= 4 is 15.7 Å². The smallest absolute Gasteiger partial charge is 0.337 e. The molecule has 1 amide bonds. The van der Waals surface area contributed by atoms with Crippen LogP contribution in [-0.4, -0.2) is 57.7 Å². The molecule has 1 aromatic rings. The van der Waals surface area contributed by atoms with Gasteiger partial charge in [-0.05, 0) is 25.7 Å². The summed E-state index contributed by atoms with van der Waals surface area (Å²) in [6, 6.07) is -0.282. The van der Waals surface area contributed by atoms with E-state index in [9.17, 15) is 18.0 Å². The number of sulfone groups is 1. The van der Waals surface area contributed by atoms with Gasteiger partial charge in [-0.25, -0.2) is 17.9 Å². The van der Waals surface area contributed by atoms with E-state index in [1.165, 1.54) is 4.68 Å². The van der Waals surface area contributed by atoms with Gasteiger partial charge in [0.25, 0.3) is 0 Å². The van der Waals surface area contributed by atoms with Gasteiger partial charge in [-0.3, -0.25) is 9.36 Å². The first-order valence-corrected chi connectivity index (χ1v) is 11.4. The number of carbonyl (C=O) groups is 1. The minimum Gasteiger partial charge on any atom is -0.337 e. The van der Waals surface area contributed by atoms with E-state index in [4.69, 9.17) is 0 Å². The minimum absolute atomic E-state index is 0.0248. The zero-order valence-corrected chi connectivity index (χ0v) is 16.2. The SMILES string of the molecule is CCCCN(C(=O)Cn1nc2n(c1=O)CCCCC2)C1CCS(=O)(=O)C1. The zero-order chi connectivity index (χ0) is 18.7. The Morgan fingerprint density at radius 3 is 2.81 bits per heavy atom. The Morgan fingerprint density at radius 2 is 2.12 bits per heavy atom. The van der Waals surface area contributed by atoms with Crippen molar-refractivity contribution in [2.75, 3.05) is 18.1 Å². The van der Waals surface area contributed by atoms with Gasteiger partial charge in [-0.2, -0.15) is 5.10 Å². The molecule has 0 spiro atoms. The third-order valence-corrected chi connectivity index (χ3v) is 7.04. The zero-order valence-electron chi connectivity index (χ0n) is 15.4. The average Bonchev–Trinajstić information content (AvgIpc) is 2.98. The third-order valence-electron chi connectivity index (χ3n) is 5.29. The first-order chi connectivity index (χ1) is 12.4. The molecule has 1 fully saturated rings. The fourth-order valence-corrected chi connectivity index (χ4v) is 5.54. The van der Waals surface area contributed by atoms with Crippen LogP contribution >= 0.6 is 0 Å². The van der Waals surface area contributed by atoms with Crippen LogP contribution in [0.4, 0.5) is 0 Å². The Bertz CT molecular complexity index is 811. The Kier molecular flexibility index (Phi) is 5.84. The number of hydrogen-bond acceptors (Lipinski definition) is 5. The van der Waals surface area contributed by atoms with Gasteiger partial charge in [0.2, 0.25) is 5.91 Å². The molecule has 146 valence electrons. The second kappa shape index (κ2) is 7.94. The number of unbranched alkanes of at least 4 members (excludes halogenated alkanes) is 1. The van der Waals surface area contributed by atoms with Gasteiger partial charge in [0.1, 0.15) is 12.4 Å². The topological polar surface area (TPSA) is 94.3 Å². The van der Waals surface area contributed by atoms with Gasteiger partial charge in [0.15, 0.2) is 9.84 Å². The maximum atomic E-state index is 12.9. The van der Waals surface area contributed by atoms with Crippen molar-refractivity contribution in [3.63, 3.8) is 0 Å². The van der Waals surface area contributed by atoms with Crippen LogP contribution < -0.4 is 5.69 Å². The van der Waals surface area contributed by atoms with Crippen LogP contribution in [0.5, 0.6) is 0 Å². The van der Waals surface area contributed by atoms with Gasteiger partial charge in [0.05, 0.1) is 11.5 Å². The second-order valence-electron chi connectivity index (χ2n) is 7.32. The Hall–Kier alpha value is -1.64. The van der Waals surface area contributed by atoms with Crippen molar-refractivity contribution < 1.29 is 13.2 Å². The lowest BCUT2D eigenvalue weighted by Gasteiger charge is -2.28. The molecule has 2 aliphatic heterocycles. The molecular weight excluding hydrogens is 356 g/mol. The van der Waals surface area contributed by atoms with Crippen LogP contribution in [0.3, 0.4) is 0 Å². The molecule has 1 aromatic heterocycles. The minimum atomic E-state index is -3.07. The van der Waals surface area contributed by atoms with Crippen LogP contribution in [0.25, 0.3) is 0 Å². The van der Waals surface area contributed by atoms with Gasteiger partial charge < -0.3 is 4.90 Å². The van der Waals surface area contributed by atoms with Gasteiger partial charge >= 0.3 is 5.69 Å². The van der Waals surface area contributed by atoms with Crippen molar-refractivity contribution in [2.45, 2.75) is 71.0 Å². The largest absolute Gasteiger partial charge is 0.346 e. The van der Waals surface area contributed by atoms with E-state index < -0.39 is 9.84 Å². The van der Waals surface area contributed by atoms with E-state index >= 15 is 0 Å². The van der Waals surface area contributed by atoms with Crippen molar-refractivity contribution in [1.29, 1.82) is 0 Å². The number of aromatic nitrogens is 3. The van der Waals surface area contributed by atoms with E-state index in [1.54, 1.807) is 9.47 Å². The molecule has 1 saturated heterocycles. The average molecular weight is 385 g/mol. The first kappa shape index (κ1) is 19.1. The number of fused-ring (bicyclic) bond motifs is 1. The van der Waals surface area contributed by atoms with Crippen molar-refractivity contribution in [3.05, 3.63) is 16.3 Å². The molecule has 2 aliphatic rings. The number of aryl methyl sites for hydroxylation is 1. The maximum absolute atomic E-state index is 12.9. The van der Waals surface area contributed by atoms with Crippen molar-refractivity contribution in [3.8, 4) is 0 Å². The lowest BCUT2D eigenvalue weighted by molar-refractivity contribution is -0.134. The number of rotatable bonds is 6. The maximum Gasteiger partial charge on any atom is 0.346 e. The molecule has 0 aromatic carbocycles. The summed E-state index contributed by atoms with van der Waals surface area (Å²) in [7, 11) is -3.07. The number of hydrogen-bond donors (Lipinski definition) is 0. The van der Waals surface area contributed by atoms with Gasteiger partial charge in [-0.1, -0.05) is 19.8 Å². The number of carbonyl (C=O) groups excluding carboxylic acids is 1.